The van der Waals surface area contributed by atoms with Gasteiger partial charge < -0.3 is 0 Å². The van der Waals surface area contributed by atoms with Crippen molar-refractivity contribution < 1.29 is 4.79 Å². The van der Waals surface area contributed by atoms with Crippen LogP contribution in [0.25, 0.3) is 0 Å². The fraction of sp³-hybridized carbons (Fsp3) is 0.792. The van der Waals surface area contributed by atoms with Gasteiger partial charge in [-0.2, -0.15) is 0 Å². The van der Waals surface area contributed by atoms with E-state index in [0.717, 1.165) is 36.5 Å². The lowest BCUT2D eigenvalue weighted by Gasteiger charge is -2.58. The molecule has 0 aromatic heterocycles. The zero-order chi connectivity index (χ0) is 17.8. The van der Waals surface area contributed by atoms with E-state index in [0.29, 0.717) is 16.6 Å². The molecule has 0 aromatic rings. The van der Waals surface area contributed by atoms with Gasteiger partial charge in [-0.15, -0.1) is 0 Å². The second kappa shape index (κ2) is 6.10. The summed E-state index contributed by atoms with van der Waals surface area (Å²) in [5.74, 6) is 3.83. The Morgan fingerprint density at radius 3 is 2.68 bits per heavy atom. The highest BCUT2D eigenvalue weighted by Crippen LogP contribution is 2.67. The number of rotatable bonds is 2. The molecule has 4 rings (SSSR count). The van der Waals surface area contributed by atoms with E-state index < -0.39 is 0 Å². The quantitative estimate of drug-likeness (QED) is 0.525. The van der Waals surface area contributed by atoms with Crippen LogP contribution in [0, 0.1) is 34.5 Å². The number of carbonyl (C=O) groups excluding carboxylic acids is 1. The minimum atomic E-state index is 0.324. The number of allylic oxidation sites excluding steroid dienone is 3. The maximum atomic E-state index is 12.0. The molecule has 1 heteroatoms. The standard InChI is InChI=1S/C24H36O/c1-5-6-16(2)20-9-10-21-19-8-7-17-15-18(25)11-13-23(17,3)22(19)12-14-24(20,21)4/h6,15,19-22H,5,7-14H2,1-4H3/b16-6+/t19?,20-,21?,22?,23+,24-/m1/s1. The molecule has 138 valence electrons. The van der Waals surface area contributed by atoms with Crippen molar-refractivity contribution in [2.24, 2.45) is 34.5 Å². The molecule has 25 heavy (non-hydrogen) atoms. The molecule has 0 bridgehead atoms. The Bertz CT molecular complexity index is 626. The van der Waals surface area contributed by atoms with E-state index >= 15 is 0 Å². The summed E-state index contributed by atoms with van der Waals surface area (Å²) in [4.78, 5) is 12.0. The third kappa shape index (κ3) is 2.52. The molecule has 0 radical (unpaired) electrons. The van der Waals surface area contributed by atoms with Gasteiger partial charge in [-0.1, -0.05) is 38.0 Å². The van der Waals surface area contributed by atoms with Crippen molar-refractivity contribution in [3.63, 3.8) is 0 Å². The molecule has 0 heterocycles. The van der Waals surface area contributed by atoms with Crippen LogP contribution in [0.5, 0.6) is 0 Å². The van der Waals surface area contributed by atoms with Crippen LogP contribution in [0.15, 0.2) is 23.3 Å². The first-order valence-corrected chi connectivity index (χ1v) is 10.8. The molecular formula is C24H36O. The summed E-state index contributed by atoms with van der Waals surface area (Å²) in [7, 11) is 0. The fourth-order valence-electron chi connectivity index (χ4n) is 7.77. The lowest BCUT2D eigenvalue weighted by atomic mass is 9.46. The van der Waals surface area contributed by atoms with Crippen LogP contribution in [-0.4, -0.2) is 5.78 Å². The maximum absolute atomic E-state index is 12.0. The van der Waals surface area contributed by atoms with E-state index in [1.54, 1.807) is 5.57 Å². The summed E-state index contributed by atoms with van der Waals surface area (Å²) in [6, 6.07) is 0. The van der Waals surface area contributed by atoms with Crippen molar-refractivity contribution in [3.05, 3.63) is 23.3 Å². The zero-order valence-electron chi connectivity index (χ0n) is 16.7. The van der Waals surface area contributed by atoms with Crippen LogP contribution in [0.3, 0.4) is 0 Å². The van der Waals surface area contributed by atoms with E-state index in [1.165, 1.54) is 50.5 Å². The smallest absolute Gasteiger partial charge is 0.155 e. The predicted molar refractivity (Wildman–Crippen MR) is 104 cm³/mol. The molecule has 3 saturated carbocycles. The maximum Gasteiger partial charge on any atom is 0.155 e. The van der Waals surface area contributed by atoms with Crippen LogP contribution in [-0.2, 0) is 4.79 Å². The molecule has 0 spiro atoms. The van der Waals surface area contributed by atoms with E-state index in [-0.39, 0.29) is 0 Å². The number of hydrogen-bond donors (Lipinski definition) is 0. The Morgan fingerprint density at radius 1 is 1.12 bits per heavy atom. The topological polar surface area (TPSA) is 17.1 Å². The summed E-state index contributed by atoms with van der Waals surface area (Å²) < 4.78 is 0. The molecule has 4 aliphatic carbocycles. The normalized spacial score (nSPS) is 47.0. The van der Waals surface area contributed by atoms with Crippen molar-refractivity contribution in [3.8, 4) is 0 Å². The summed E-state index contributed by atoms with van der Waals surface area (Å²) in [6.07, 6.45) is 15.7. The highest BCUT2D eigenvalue weighted by Gasteiger charge is 2.58. The third-order valence-electron chi connectivity index (χ3n) is 9.04. The summed E-state index contributed by atoms with van der Waals surface area (Å²) in [6.45, 7) is 9.79. The first-order valence-electron chi connectivity index (χ1n) is 10.8. The van der Waals surface area contributed by atoms with E-state index in [4.69, 9.17) is 0 Å². The lowest BCUT2D eigenvalue weighted by Crippen LogP contribution is -2.50. The molecule has 4 aliphatic rings. The zero-order valence-corrected chi connectivity index (χ0v) is 16.7. The minimum absolute atomic E-state index is 0.324. The van der Waals surface area contributed by atoms with Gasteiger partial charge in [0.2, 0.25) is 0 Å². The van der Waals surface area contributed by atoms with Crippen LogP contribution in [0.1, 0.15) is 85.5 Å². The Kier molecular flexibility index (Phi) is 4.28. The Morgan fingerprint density at radius 2 is 1.92 bits per heavy atom. The molecule has 1 nitrogen and oxygen atoms in total. The molecule has 0 aromatic carbocycles. The molecule has 0 amide bonds. The van der Waals surface area contributed by atoms with Gasteiger partial charge in [0.1, 0.15) is 0 Å². The Hall–Kier alpha value is -0.850. The lowest BCUT2D eigenvalue weighted by molar-refractivity contribution is -0.117. The molecule has 0 N–H and O–H groups in total. The van der Waals surface area contributed by atoms with Gasteiger partial charge in [-0.25, -0.2) is 0 Å². The highest BCUT2D eigenvalue weighted by atomic mass is 16.1. The molecule has 6 atom stereocenters. The average molecular weight is 341 g/mol. The van der Waals surface area contributed by atoms with Crippen molar-refractivity contribution in [2.45, 2.75) is 85.5 Å². The monoisotopic (exact) mass is 340 g/mol. The van der Waals surface area contributed by atoms with Crippen LogP contribution < -0.4 is 0 Å². The number of hydrogen-bond acceptors (Lipinski definition) is 1. The molecule has 0 saturated heterocycles. The Labute approximate surface area is 154 Å². The highest BCUT2D eigenvalue weighted by molar-refractivity contribution is 5.91. The first kappa shape index (κ1) is 17.6. The molecule has 0 aliphatic heterocycles. The summed E-state index contributed by atoms with van der Waals surface area (Å²) >= 11 is 0. The van der Waals surface area contributed by atoms with Gasteiger partial charge in [0, 0.05) is 6.42 Å². The van der Waals surface area contributed by atoms with E-state index in [2.05, 4.69) is 33.8 Å². The summed E-state index contributed by atoms with van der Waals surface area (Å²) in [5, 5.41) is 0. The van der Waals surface area contributed by atoms with Crippen LogP contribution in [0.4, 0.5) is 0 Å². The van der Waals surface area contributed by atoms with Crippen molar-refractivity contribution in [1.29, 1.82) is 0 Å². The third-order valence-corrected chi connectivity index (χ3v) is 9.04. The van der Waals surface area contributed by atoms with Gasteiger partial charge >= 0.3 is 0 Å². The fourth-order valence-corrected chi connectivity index (χ4v) is 7.77. The first-order chi connectivity index (χ1) is 11.9. The van der Waals surface area contributed by atoms with Gasteiger partial charge in [0.25, 0.3) is 0 Å². The average Bonchev–Trinajstić information content (AvgIpc) is 2.93. The number of ketones is 1. The van der Waals surface area contributed by atoms with Crippen LogP contribution >= 0.6 is 0 Å². The SMILES string of the molecule is CC/C=C(\C)[C@H]1CCC2C3CCC4=CC(=O)CC[C@]4(C)C3CC[C@@]21C. The van der Waals surface area contributed by atoms with Gasteiger partial charge in [-0.3, -0.25) is 4.79 Å². The number of carbonyl (C=O) groups is 1. The largest absolute Gasteiger partial charge is 0.295 e. The minimum Gasteiger partial charge on any atom is -0.295 e. The van der Waals surface area contributed by atoms with E-state index in [9.17, 15) is 4.79 Å². The van der Waals surface area contributed by atoms with Gasteiger partial charge in [0.15, 0.2) is 5.78 Å². The molecule has 3 fully saturated rings. The Balaban J connectivity index is 1.64. The van der Waals surface area contributed by atoms with Gasteiger partial charge in [0.05, 0.1) is 0 Å². The summed E-state index contributed by atoms with van der Waals surface area (Å²) in [5.41, 5.74) is 4.02. The van der Waals surface area contributed by atoms with Crippen molar-refractivity contribution >= 4 is 5.78 Å². The predicted octanol–water partition coefficient (Wildman–Crippen LogP) is 6.49. The van der Waals surface area contributed by atoms with Crippen LogP contribution in [0.2, 0.25) is 0 Å². The van der Waals surface area contributed by atoms with Crippen molar-refractivity contribution in [2.75, 3.05) is 0 Å². The van der Waals surface area contributed by atoms with Gasteiger partial charge in [-0.05, 0) is 98.9 Å². The van der Waals surface area contributed by atoms with E-state index in [1.807, 2.05) is 6.08 Å². The molecule has 3 unspecified atom stereocenters. The molecular weight excluding hydrogens is 304 g/mol. The second-order valence-electron chi connectivity index (χ2n) is 10.00. The second-order valence-corrected chi connectivity index (χ2v) is 10.00. The number of fused-ring (bicyclic) bond motifs is 5. The van der Waals surface area contributed by atoms with Crippen molar-refractivity contribution in [1.82, 2.24) is 0 Å².